The number of rotatable bonds is 3. The number of para-hydroxylation sites is 1. The van der Waals surface area contributed by atoms with Crippen LogP contribution < -0.4 is 15.2 Å². The molecule has 1 saturated carbocycles. The molecular formula is C17H17N4O3S-. The number of carboxylic acid groups (broad SMARTS) is 1. The second kappa shape index (κ2) is 6.51. The molecule has 8 heteroatoms. The Bertz CT molecular complexity index is 808. The van der Waals surface area contributed by atoms with Gasteiger partial charge >= 0.3 is 0 Å². The Morgan fingerprint density at radius 1 is 1.24 bits per heavy atom. The van der Waals surface area contributed by atoms with Crippen LogP contribution in [0.3, 0.4) is 0 Å². The Labute approximate surface area is 149 Å². The summed E-state index contributed by atoms with van der Waals surface area (Å²) in [7, 11) is 0. The van der Waals surface area contributed by atoms with Crippen LogP contribution in [0.15, 0.2) is 29.4 Å². The predicted octanol–water partition coefficient (Wildman–Crippen LogP) is 1.85. The topological polar surface area (TPSA) is 100 Å². The Hall–Kier alpha value is -2.35. The van der Waals surface area contributed by atoms with Crippen molar-refractivity contribution in [1.82, 2.24) is 15.2 Å². The van der Waals surface area contributed by atoms with Gasteiger partial charge in [0.1, 0.15) is 0 Å². The molecule has 1 N–H and O–H groups in total. The van der Waals surface area contributed by atoms with Crippen molar-refractivity contribution in [2.75, 3.05) is 11.1 Å². The molecule has 7 nitrogen and oxygen atoms in total. The first-order valence-electron chi connectivity index (χ1n) is 8.29. The normalized spacial score (nSPS) is 17.6. The van der Waals surface area contributed by atoms with Gasteiger partial charge < -0.3 is 20.0 Å². The van der Waals surface area contributed by atoms with Gasteiger partial charge in [0.15, 0.2) is 11.4 Å². The summed E-state index contributed by atoms with van der Waals surface area (Å²) in [6, 6.07) is 7.86. The van der Waals surface area contributed by atoms with Crippen LogP contribution in [0.5, 0.6) is 5.88 Å². The molecule has 0 atom stereocenters. The molecule has 1 fully saturated rings. The molecule has 4 rings (SSSR count). The Kier molecular flexibility index (Phi) is 4.20. The fraction of sp³-hybridized carbons (Fsp3) is 0.412. The molecule has 1 aromatic heterocycles. The zero-order valence-electron chi connectivity index (χ0n) is 13.5. The van der Waals surface area contributed by atoms with Gasteiger partial charge in [-0.1, -0.05) is 36.4 Å². The molecule has 0 unspecified atom stereocenters. The van der Waals surface area contributed by atoms with E-state index in [2.05, 4.69) is 20.5 Å². The van der Waals surface area contributed by atoms with Crippen LogP contribution in [-0.4, -0.2) is 32.6 Å². The van der Waals surface area contributed by atoms with Gasteiger partial charge in [-0.3, -0.25) is 0 Å². The van der Waals surface area contributed by atoms with Crippen molar-refractivity contribution in [3.05, 3.63) is 24.3 Å². The highest BCUT2D eigenvalue weighted by atomic mass is 32.2. The average Bonchev–Trinajstić information content (AvgIpc) is 2.74. The molecule has 25 heavy (non-hydrogen) atoms. The standard InChI is InChI=1S/C17H18N4O3S/c22-13(23)10-25-16-18-15-14(20-21-16)11-6-2-3-7-12(11)19-17(24-15)8-4-1-5-9-17/h2-3,6-7,19H,1,4-5,8-10H2,(H,22,23)/p-1. The molecule has 0 radical (unpaired) electrons. The number of carbonyl (C=O) groups excluding carboxylic acids is 1. The van der Waals surface area contributed by atoms with Crippen molar-refractivity contribution in [3.8, 4) is 17.1 Å². The predicted molar refractivity (Wildman–Crippen MR) is 91.1 cm³/mol. The maximum absolute atomic E-state index is 10.7. The summed E-state index contributed by atoms with van der Waals surface area (Å²) < 4.78 is 6.31. The highest BCUT2D eigenvalue weighted by Gasteiger charge is 2.38. The second-order valence-electron chi connectivity index (χ2n) is 6.24. The van der Waals surface area contributed by atoms with Crippen molar-refractivity contribution in [2.24, 2.45) is 0 Å². The first-order chi connectivity index (χ1) is 12.2. The third kappa shape index (κ3) is 3.26. The third-order valence-corrected chi connectivity index (χ3v) is 5.26. The second-order valence-corrected chi connectivity index (χ2v) is 7.18. The minimum atomic E-state index is -1.17. The average molecular weight is 357 g/mol. The number of aromatic nitrogens is 3. The largest absolute Gasteiger partial charge is 0.549 e. The number of anilines is 1. The van der Waals surface area contributed by atoms with E-state index >= 15 is 0 Å². The molecular weight excluding hydrogens is 340 g/mol. The van der Waals surface area contributed by atoms with Gasteiger partial charge in [0.05, 0.1) is 5.97 Å². The molecule has 0 amide bonds. The minimum Gasteiger partial charge on any atom is -0.549 e. The minimum absolute atomic E-state index is 0.222. The van der Waals surface area contributed by atoms with E-state index in [0.29, 0.717) is 11.6 Å². The van der Waals surface area contributed by atoms with Gasteiger partial charge in [0, 0.05) is 29.8 Å². The van der Waals surface area contributed by atoms with Crippen LogP contribution in [0.4, 0.5) is 5.69 Å². The number of thioether (sulfide) groups is 1. The number of carbonyl (C=O) groups is 1. The van der Waals surface area contributed by atoms with Gasteiger partial charge in [0.25, 0.3) is 0 Å². The summed E-state index contributed by atoms with van der Waals surface area (Å²) >= 11 is 0.977. The molecule has 2 aliphatic rings. The number of nitrogens with zero attached hydrogens (tertiary/aromatic N) is 3. The van der Waals surface area contributed by atoms with Crippen LogP contribution in [-0.2, 0) is 4.79 Å². The van der Waals surface area contributed by atoms with Crippen molar-refractivity contribution in [1.29, 1.82) is 0 Å². The Morgan fingerprint density at radius 2 is 2.04 bits per heavy atom. The van der Waals surface area contributed by atoms with E-state index in [-0.39, 0.29) is 10.9 Å². The van der Waals surface area contributed by atoms with Crippen LogP contribution in [0.2, 0.25) is 0 Å². The first-order valence-corrected chi connectivity index (χ1v) is 9.28. The molecule has 0 bridgehead atoms. The molecule has 2 heterocycles. The number of ether oxygens (including phenoxy) is 1. The lowest BCUT2D eigenvalue weighted by Gasteiger charge is -2.37. The van der Waals surface area contributed by atoms with Crippen LogP contribution in [0.25, 0.3) is 11.3 Å². The Balaban J connectivity index is 1.77. The van der Waals surface area contributed by atoms with E-state index in [9.17, 15) is 9.90 Å². The highest BCUT2D eigenvalue weighted by Crippen LogP contribution is 2.43. The SMILES string of the molecule is O=C([O-])CSc1nnc2c(n1)OC1(CCCCC1)Nc1ccccc1-2. The number of benzene rings is 1. The number of hydrogen-bond acceptors (Lipinski definition) is 8. The lowest BCUT2D eigenvalue weighted by Crippen LogP contribution is -2.45. The highest BCUT2D eigenvalue weighted by molar-refractivity contribution is 7.99. The van der Waals surface area contributed by atoms with Gasteiger partial charge in [0.2, 0.25) is 11.0 Å². The zero-order chi connectivity index (χ0) is 17.3. The van der Waals surface area contributed by atoms with E-state index in [1.54, 1.807) is 0 Å². The fourth-order valence-corrected chi connectivity index (χ4v) is 3.82. The summed E-state index contributed by atoms with van der Waals surface area (Å²) in [5.74, 6) is -0.990. The molecule has 1 spiro atoms. The smallest absolute Gasteiger partial charge is 0.247 e. The third-order valence-electron chi connectivity index (χ3n) is 4.45. The molecule has 1 aliphatic carbocycles. The summed E-state index contributed by atoms with van der Waals surface area (Å²) in [6.45, 7) is 0. The van der Waals surface area contributed by atoms with E-state index in [1.165, 1.54) is 6.42 Å². The van der Waals surface area contributed by atoms with Crippen molar-refractivity contribution >= 4 is 23.4 Å². The van der Waals surface area contributed by atoms with Crippen LogP contribution >= 0.6 is 11.8 Å². The first kappa shape index (κ1) is 16.1. The lowest BCUT2D eigenvalue weighted by molar-refractivity contribution is -0.301. The van der Waals surface area contributed by atoms with Crippen LogP contribution in [0.1, 0.15) is 32.1 Å². The molecule has 130 valence electrons. The van der Waals surface area contributed by atoms with Crippen molar-refractivity contribution in [3.63, 3.8) is 0 Å². The van der Waals surface area contributed by atoms with Crippen LogP contribution in [0, 0.1) is 0 Å². The van der Waals surface area contributed by atoms with E-state index in [4.69, 9.17) is 4.74 Å². The van der Waals surface area contributed by atoms with E-state index in [0.717, 1.165) is 48.7 Å². The number of fused-ring (bicyclic) bond motifs is 3. The maximum Gasteiger partial charge on any atom is 0.247 e. The quantitative estimate of drug-likeness (QED) is 0.831. The Morgan fingerprint density at radius 3 is 2.84 bits per heavy atom. The van der Waals surface area contributed by atoms with Gasteiger partial charge in [-0.2, -0.15) is 4.98 Å². The number of aliphatic carboxylic acids is 1. The van der Waals surface area contributed by atoms with Gasteiger partial charge in [-0.25, -0.2) is 0 Å². The number of carboxylic acids is 1. The summed E-state index contributed by atoms with van der Waals surface area (Å²) in [6.07, 6.45) is 5.11. The van der Waals surface area contributed by atoms with E-state index in [1.807, 2.05) is 24.3 Å². The molecule has 0 saturated heterocycles. The number of nitrogens with one attached hydrogen (secondary N) is 1. The van der Waals surface area contributed by atoms with Gasteiger partial charge in [-0.05, 0) is 18.9 Å². The molecule has 2 aromatic rings. The number of hydrogen-bond donors (Lipinski definition) is 1. The maximum atomic E-state index is 10.7. The van der Waals surface area contributed by atoms with E-state index < -0.39 is 11.7 Å². The zero-order valence-corrected chi connectivity index (χ0v) is 14.3. The summed E-state index contributed by atoms with van der Waals surface area (Å²) in [5.41, 5.74) is 1.90. The van der Waals surface area contributed by atoms with Gasteiger partial charge in [-0.15, -0.1) is 10.2 Å². The summed E-state index contributed by atoms with van der Waals surface area (Å²) in [4.78, 5) is 15.1. The monoisotopic (exact) mass is 357 g/mol. The van der Waals surface area contributed by atoms with Crippen molar-refractivity contribution < 1.29 is 14.6 Å². The molecule has 1 aliphatic heterocycles. The fourth-order valence-electron chi connectivity index (χ4n) is 3.33. The van der Waals surface area contributed by atoms with Crippen molar-refractivity contribution in [2.45, 2.75) is 43.0 Å². The molecule has 1 aromatic carbocycles. The lowest BCUT2D eigenvalue weighted by atomic mass is 9.91. The summed E-state index contributed by atoms with van der Waals surface area (Å²) in [5, 5.41) is 22.8.